The highest BCUT2D eigenvalue weighted by molar-refractivity contribution is 6.35. The first kappa shape index (κ1) is 20.1. The predicted molar refractivity (Wildman–Crippen MR) is 109 cm³/mol. The SMILES string of the molecule is COc1ccc(N2CCN(CC(=O)Nc3cc(Cl)cc(Cl)c3)C2=O)cc1OC. The molecule has 1 aliphatic rings. The van der Waals surface area contributed by atoms with Gasteiger partial charge in [-0.15, -0.1) is 0 Å². The van der Waals surface area contributed by atoms with Crippen molar-refractivity contribution in [2.45, 2.75) is 0 Å². The van der Waals surface area contributed by atoms with Crippen molar-refractivity contribution in [2.24, 2.45) is 0 Å². The molecule has 1 N–H and O–H groups in total. The minimum Gasteiger partial charge on any atom is -0.493 e. The quantitative estimate of drug-likeness (QED) is 0.764. The minimum atomic E-state index is -0.333. The molecule has 1 saturated heterocycles. The van der Waals surface area contributed by atoms with E-state index in [2.05, 4.69) is 5.32 Å². The van der Waals surface area contributed by atoms with E-state index in [1.807, 2.05) is 0 Å². The topological polar surface area (TPSA) is 71.1 Å². The first-order valence-corrected chi connectivity index (χ1v) is 9.21. The Kier molecular flexibility index (Phi) is 6.16. The number of hydrogen-bond acceptors (Lipinski definition) is 4. The van der Waals surface area contributed by atoms with Gasteiger partial charge in [0.15, 0.2) is 11.5 Å². The van der Waals surface area contributed by atoms with E-state index in [9.17, 15) is 9.59 Å². The number of methoxy groups -OCH3 is 2. The van der Waals surface area contributed by atoms with Crippen molar-refractivity contribution in [1.82, 2.24) is 4.90 Å². The summed E-state index contributed by atoms with van der Waals surface area (Å²) in [6, 6.07) is 9.74. The maximum absolute atomic E-state index is 12.7. The molecule has 0 bridgehead atoms. The molecule has 2 aromatic carbocycles. The van der Waals surface area contributed by atoms with E-state index >= 15 is 0 Å². The lowest BCUT2D eigenvalue weighted by Crippen LogP contribution is -2.37. The number of hydrogen-bond donors (Lipinski definition) is 1. The Balaban J connectivity index is 1.66. The minimum absolute atomic E-state index is 0.0766. The Bertz CT molecular complexity index is 886. The third kappa shape index (κ3) is 4.43. The zero-order chi connectivity index (χ0) is 20.3. The first-order chi connectivity index (χ1) is 13.4. The molecule has 7 nitrogen and oxygen atoms in total. The second-order valence-corrected chi connectivity index (χ2v) is 6.97. The molecule has 0 aliphatic carbocycles. The standard InChI is InChI=1S/C19H19Cl2N3O4/c1-27-16-4-3-15(10-17(16)28-2)24-6-5-23(19(24)26)11-18(25)22-14-8-12(20)7-13(21)9-14/h3-4,7-10H,5-6,11H2,1-2H3,(H,22,25). The van der Waals surface area contributed by atoms with Crippen LogP contribution in [0.1, 0.15) is 0 Å². The average Bonchev–Trinajstić information content (AvgIpc) is 3.00. The number of carbonyl (C=O) groups is 2. The largest absolute Gasteiger partial charge is 0.493 e. The summed E-state index contributed by atoms with van der Waals surface area (Å²) in [4.78, 5) is 28.1. The van der Waals surface area contributed by atoms with Crippen molar-refractivity contribution in [3.63, 3.8) is 0 Å². The third-order valence-electron chi connectivity index (χ3n) is 4.25. The van der Waals surface area contributed by atoms with Gasteiger partial charge in [0, 0.05) is 40.6 Å². The van der Waals surface area contributed by atoms with Gasteiger partial charge >= 0.3 is 6.03 Å². The van der Waals surface area contributed by atoms with Gasteiger partial charge in [0.25, 0.3) is 0 Å². The lowest BCUT2D eigenvalue weighted by atomic mass is 10.2. The summed E-state index contributed by atoms with van der Waals surface area (Å²) in [5, 5.41) is 3.53. The number of nitrogens with zero attached hydrogens (tertiary/aromatic N) is 2. The molecule has 3 amide bonds. The van der Waals surface area contributed by atoms with Gasteiger partial charge in [-0.25, -0.2) is 4.79 Å². The molecule has 0 unspecified atom stereocenters. The van der Waals surface area contributed by atoms with Crippen molar-refractivity contribution >= 4 is 46.5 Å². The molecule has 28 heavy (non-hydrogen) atoms. The summed E-state index contributed by atoms with van der Waals surface area (Å²) < 4.78 is 10.5. The van der Waals surface area contributed by atoms with E-state index in [1.165, 1.54) is 12.0 Å². The Labute approximate surface area is 172 Å². The van der Waals surface area contributed by atoms with Crippen molar-refractivity contribution < 1.29 is 19.1 Å². The molecular formula is C19H19Cl2N3O4. The molecule has 148 valence electrons. The molecular weight excluding hydrogens is 405 g/mol. The number of ether oxygens (including phenoxy) is 2. The van der Waals surface area contributed by atoms with E-state index in [4.69, 9.17) is 32.7 Å². The Morgan fingerprint density at radius 3 is 2.36 bits per heavy atom. The monoisotopic (exact) mass is 423 g/mol. The highest BCUT2D eigenvalue weighted by Crippen LogP contribution is 2.32. The summed E-state index contributed by atoms with van der Waals surface area (Å²) in [6.45, 7) is 0.814. The van der Waals surface area contributed by atoms with Crippen molar-refractivity contribution in [1.29, 1.82) is 0 Å². The van der Waals surface area contributed by atoms with Crippen LogP contribution in [0.3, 0.4) is 0 Å². The van der Waals surface area contributed by atoms with Crippen LogP contribution in [0.5, 0.6) is 11.5 Å². The lowest BCUT2D eigenvalue weighted by Gasteiger charge is -2.19. The zero-order valence-electron chi connectivity index (χ0n) is 15.4. The highest BCUT2D eigenvalue weighted by Gasteiger charge is 2.31. The fourth-order valence-electron chi connectivity index (χ4n) is 2.96. The second kappa shape index (κ2) is 8.58. The summed E-state index contributed by atoms with van der Waals surface area (Å²) >= 11 is 11.9. The van der Waals surface area contributed by atoms with E-state index in [0.29, 0.717) is 46.0 Å². The first-order valence-electron chi connectivity index (χ1n) is 8.45. The van der Waals surface area contributed by atoms with Gasteiger partial charge in [-0.2, -0.15) is 0 Å². The maximum Gasteiger partial charge on any atom is 0.325 e. The van der Waals surface area contributed by atoms with E-state index in [0.717, 1.165) is 0 Å². The van der Waals surface area contributed by atoms with Gasteiger partial charge in [-0.05, 0) is 30.3 Å². The smallest absolute Gasteiger partial charge is 0.325 e. The molecule has 0 atom stereocenters. The molecule has 0 spiro atoms. The van der Waals surface area contributed by atoms with Gasteiger partial charge in [-0.1, -0.05) is 23.2 Å². The fourth-order valence-corrected chi connectivity index (χ4v) is 3.49. The number of amides is 3. The fraction of sp³-hybridized carbons (Fsp3) is 0.263. The summed E-state index contributed by atoms with van der Waals surface area (Å²) in [5.74, 6) is 0.775. The second-order valence-electron chi connectivity index (χ2n) is 6.10. The summed E-state index contributed by atoms with van der Waals surface area (Å²) in [5.41, 5.74) is 1.15. The molecule has 1 heterocycles. The van der Waals surface area contributed by atoms with Crippen LogP contribution in [-0.4, -0.2) is 50.7 Å². The van der Waals surface area contributed by atoms with E-state index in [-0.39, 0.29) is 18.5 Å². The normalized spacial score (nSPS) is 13.6. The van der Waals surface area contributed by atoms with Gasteiger partial charge in [0.1, 0.15) is 6.54 Å². The molecule has 0 saturated carbocycles. The maximum atomic E-state index is 12.7. The summed E-state index contributed by atoms with van der Waals surface area (Å²) in [7, 11) is 3.08. The molecule has 2 aromatic rings. The number of carbonyl (C=O) groups excluding carboxylic acids is 2. The third-order valence-corrected chi connectivity index (χ3v) is 4.69. The number of benzene rings is 2. The lowest BCUT2D eigenvalue weighted by molar-refractivity contribution is -0.116. The average molecular weight is 424 g/mol. The Morgan fingerprint density at radius 2 is 1.71 bits per heavy atom. The molecule has 0 aromatic heterocycles. The Hall–Kier alpha value is -2.64. The number of anilines is 2. The number of rotatable bonds is 6. The number of urea groups is 1. The van der Waals surface area contributed by atoms with E-state index < -0.39 is 0 Å². The van der Waals surface area contributed by atoms with Gasteiger partial charge in [0.2, 0.25) is 5.91 Å². The molecule has 1 fully saturated rings. The predicted octanol–water partition coefficient (Wildman–Crippen LogP) is 3.89. The van der Waals surface area contributed by atoms with Crippen molar-refractivity contribution in [2.75, 3.05) is 44.1 Å². The van der Waals surface area contributed by atoms with Crippen LogP contribution in [-0.2, 0) is 4.79 Å². The molecule has 1 aliphatic heterocycles. The van der Waals surface area contributed by atoms with E-state index in [1.54, 1.807) is 48.4 Å². The van der Waals surface area contributed by atoms with Crippen LogP contribution in [0.2, 0.25) is 10.0 Å². The van der Waals surface area contributed by atoms with Crippen LogP contribution in [0.15, 0.2) is 36.4 Å². The zero-order valence-corrected chi connectivity index (χ0v) is 16.9. The Morgan fingerprint density at radius 1 is 1.04 bits per heavy atom. The number of halogens is 2. The van der Waals surface area contributed by atoms with Crippen LogP contribution in [0, 0.1) is 0 Å². The summed E-state index contributed by atoms with van der Waals surface area (Å²) in [6.07, 6.45) is 0. The van der Waals surface area contributed by atoms with Gasteiger partial charge in [0.05, 0.1) is 14.2 Å². The van der Waals surface area contributed by atoms with Gasteiger partial charge < -0.3 is 19.7 Å². The van der Waals surface area contributed by atoms with Crippen LogP contribution in [0.25, 0.3) is 0 Å². The highest BCUT2D eigenvalue weighted by atomic mass is 35.5. The molecule has 9 heteroatoms. The molecule has 3 rings (SSSR count). The number of nitrogens with one attached hydrogen (secondary N) is 1. The van der Waals surface area contributed by atoms with Crippen molar-refractivity contribution in [3.8, 4) is 11.5 Å². The van der Waals surface area contributed by atoms with Crippen LogP contribution in [0.4, 0.5) is 16.2 Å². The van der Waals surface area contributed by atoms with Gasteiger partial charge in [-0.3, -0.25) is 9.69 Å². The van der Waals surface area contributed by atoms with Crippen molar-refractivity contribution in [3.05, 3.63) is 46.4 Å². The van der Waals surface area contributed by atoms with Crippen LogP contribution >= 0.6 is 23.2 Å². The molecule has 0 radical (unpaired) electrons. The van der Waals surface area contributed by atoms with Crippen LogP contribution < -0.4 is 19.7 Å².